The van der Waals surface area contributed by atoms with E-state index >= 15 is 0 Å². The highest BCUT2D eigenvalue weighted by atomic mass is 127. The van der Waals surface area contributed by atoms with Gasteiger partial charge in [-0.15, -0.1) is 0 Å². The van der Waals surface area contributed by atoms with E-state index in [2.05, 4.69) is 96.4 Å². The van der Waals surface area contributed by atoms with E-state index < -0.39 is 12.2 Å². The molecule has 0 aliphatic carbocycles. The number of hydrogen-bond acceptors (Lipinski definition) is 5. The minimum Gasteiger partial charge on any atom is -0.394 e. The van der Waals surface area contributed by atoms with Gasteiger partial charge < -0.3 is 20.4 Å². The Labute approximate surface area is 184 Å². The van der Waals surface area contributed by atoms with Gasteiger partial charge in [0, 0.05) is 33.9 Å². The average Bonchev–Trinajstić information content (AvgIpc) is 2.48. The average molecular weight is 759 g/mol. The van der Waals surface area contributed by atoms with Crippen molar-refractivity contribution in [1.29, 1.82) is 0 Å². The lowest BCUT2D eigenvalue weighted by Crippen LogP contribution is -2.40. The molecule has 0 saturated carbocycles. The lowest BCUT2D eigenvalue weighted by atomic mass is 10.2. The fraction of sp³-hybridized carbons (Fsp3) is 0.538. The molecule has 0 spiro atoms. The molecule has 0 heterocycles. The van der Waals surface area contributed by atoms with Crippen LogP contribution in [0.2, 0.25) is 0 Å². The zero-order valence-electron chi connectivity index (χ0n) is 11.5. The Morgan fingerprint density at radius 3 is 1.82 bits per heavy atom. The molecule has 5 nitrogen and oxygen atoms in total. The molecule has 2 unspecified atom stereocenters. The molecule has 0 radical (unpaired) electrons. The Morgan fingerprint density at radius 2 is 1.36 bits per heavy atom. The van der Waals surface area contributed by atoms with Crippen LogP contribution in [0.4, 0.5) is 0 Å². The zero-order valence-corrected chi connectivity index (χ0v) is 20.1. The van der Waals surface area contributed by atoms with E-state index in [9.17, 15) is 10.2 Å². The van der Waals surface area contributed by atoms with Crippen LogP contribution in [0, 0.1) is 14.3 Å². The molecular weight excluding hydrogens is 742 g/mol. The zero-order chi connectivity index (χ0) is 16.9. The summed E-state index contributed by atoms with van der Waals surface area (Å²) in [5.41, 5.74) is 1.13. The first-order valence-electron chi connectivity index (χ1n) is 6.42. The molecule has 0 aliphatic rings. The van der Waals surface area contributed by atoms with Gasteiger partial charge in [-0.05, 0) is 102 Å². The van der Waals surface area contributed by atoms with Crippen LogP contribution in [-0.2, 0) is 6.54 Å². The van der Waals surface area contributed by atoms with Crippen molar-refractivity contribution in [3.8, 4) is 0 Å². The van der Waals surface area contributed by atoms with Crippen molar-refractivity contribution in [2.75, 3.05) is 26.3 Å². The van der Waals surface area contributed by atoms with Gasteiger partial charge in [0.1, 0.15) is 0 Å². The van der Waals surface area contributed by atoms with Crippen molar-refractivity contribution >= 4 is 90.4 Å². The Balaban J connectivity index is 3.00. The Bertz CT molecular complexity index is 491. The van der Waals surface area contributed by atoms with Gasteiger partial charge in [0.2, 0.25) is 0 Å². The third-order valence-electron chi connectivity index (χ3n) is 2.95. The van der Waals surface area contributed by atoms with Gasteiger partial charge in [-0.1, -0.05) is 0 Å². The molecule has 2 atom stereocenters. The van der Waals surface area contributed by atoms with Gasteiger partial charge >= 0.3 is 0 Å². The van der Waals surface area contributed by atoms with Crippen molar-refractivity contribution in [3.63, 3.8) is 0 Å². The molecule has 9 heteroatoms. The van der Waals surface area contributed by atoms with Gasteiger partial charge in [-0.25, -0.2) is 0 Å². The molecule has 4 N–H and O–H groups in total. The number of aliphatic hydroxyl groups excluding tert-OH is 4. The fourth-order valence-corrected chi connectivity index (χ4v) is 6.08. The van der Waals surface area contributed by atoms with Crippen LogP contribution < -0.4 is 0 Å². The van der Waals surface area contributed by atoms with Crippen molar-refractivity contribution < 1.29 is 20.4 Å². The van der Waals surface area contributed by atoms with Crippen molar-refractivity contribution in [1.82, 2.24) is 4.90 Å². The Kier molecular flexibility index (Phi) is 10.8. The fourth-order valence-electron chi connectivity index (χ4n) is 1.89. The Morgan fingerprint density at radius 1 is 0.864 bits per heavy atom. The molecule has 0 aliphatic heterocycles. The second kappa shape index (κ2) is 10.8. The smallest absolute Gasteiger partial charge is 0.0897 e. The highest BCUT2D eigenvalue weighted by Crippen LogP contribution is 2.29. The summed E-state index contributed by atoms with van der Waals surface area (Å²) in [6.07, 6.45) is -1.74. The van der Waals surface area contributed by atoms with Gasteiger partial charge in [-0.3, -0.25) is 4.90 Å². The summed E-state index contributed by atoms with van der Waals surface area (Å²) < 4.78 is 4.64. The van der Waals surface area contributed by atoms with Crippen LogP contribution in [0.1, 0.15) is 5.56 Å². The van der Waals surface area contributed by atoms with Crippen LogP contribution in [0.3, 0.4) is 0 Å². The number of aliphatic hydroxyl groups is 4. The molecule has 0 amide bonds. The largest absolute Gasteiger partial charge is 0.394 e. The van der Waals surface area contributed by atoms with Crippen molar-refractivity contribution in [2.45, 2.75) is 18.8 Å². The van der Waals surface area contributed by atoms with E-state index in [0.29, 0.717) is 6.54 Å². The number of rotatable bonds is 8. The van der Waals surface area contributed by atoms with Crippen LogP contribution in [0.15, 0.2) is 6.07 Å². The predicted octanol–water partition coefficient (Wildman–Crippen LogP) is 1.61. The summed E-state index contributed by atoms with van der Waals surface area (Å²) in [7, 11) is 0. The third kappa shape index (κ3) is 6.68. The molecule has 1 aromatic carbocycles. The maximum Gasteiger partial charge on any atom is 0.0897 e. The second-order valence-corrected chi connectivity index (χ2v) is 9.30. The summed E-state index contributed by atoms with van der Waals surface area (Å²) in [6, 6.07) is 2.10. The maximum absolute atomic E-state index is 9.69. The monoisotopic (exact) mass is 759 g/mol. The van der Waals surface area contributed by atoms with E-state index in [0.717, 1.165) is 12.7 Å². The van der Waals surface area contributed by atoms with E-state index in [1.54, 1.807) is 0 Å². The first-order chi connectivity index (χ1) is 10.3. The molecule has 1 aromatic rings. The van der Waals surface area contributed by atoms with Crippen LogP contribution in [-0.4, -0.2) is 63.8 Å². The van der Waals surface area contributed by atoms with Crippen LogP contribution in [0.25, 0.3) is 0 Å². The van der Waals surface area contributed by atoms with E-state index in [-0.39, 0.29) is 26.3 Å². The molecule has 126 valence electrons. The number of halogens is 4. The minimum absolute atomic E-state index is 0.238. The van der Waals surface area contributed by atoms with Crippen molar-refractivity contribution in [2.24, 2.45) is 0 Å². The quantitative estimate of drug-likeness (QED) is 0.184. The molecule has 0 aromatic heterocycles. The van der Waals surface area contributed by atoms with Crippen LogP contribution in [0.5, 0.6) is 0 Å². The van der Waals surface area contributed by atoms with Gasteiger partial charge in [-0.2, -0.15) is 0 Å². The SMILES string of the molecule is OCC(O)CN(Cc1c(I)cc(I)c(I)c1I)CC(O)CO. The second-order valence-electron chi connectivity index (χ2n) is 4.81. The highest BCUT2D eigenvalue weighted by Gasteiger charge is 2.19. The summed E-state index contributed by atoms with van der Waals surface area (Å²) >= 11 is 9.20. The first-order valence-corrected chi connectivity index (χ1v) is 10.7. The molecule has 0 bridgehead atoms. The summed E-state index contributed by atoms with van der Waals surface area (Å²) in [5, 5.41) is 37.4. The van der Waals surface area contributed by atoms with E-state index in [1.807, 2.05) is 4.90 Å². The molecule has 0 fully saturated rings. The van der Waals surface area contributed by atoms with Gasteiger partial charge in [0.15, 0.2) is 0 Å². The molecule has 1 rings (SSSR count). The maximum atomic E-state index is 9.69. The molecular formula is C13H17I4NO4. The predicted molar refractivity (Wildman–Crippen MR) is 119 cm³/mol. The number of benzene rings is 1. The third-order valence-corrected chi connectivity index (χ3v) is 9.14. The number of hydrogen-bond donors (Lipinski definition) is 4. The minimum atomic E-state index is -0.871. The molecule has 0 saturated heterocycles. The standard InChI is InChI=1S/C13H17I4NO4/c14-10-1-11(15)13(17)12(16)9(10)4-18(2-7(21)5-19)3-8(22)6-20/h1,7-8,19-22H,2-6H2. The highest BCUT2D eigenvalue weighted by molar-refractivity contribution is 14.1. The van der Waals surface area contributed by atoms with Crippen LogP contribution >= 0.6 is 90.4 Å². The lowest BCUT2D eigenvalue weighted by Gasteiger charge is -2.27. The summed E-state index contributed by atoms with van der Waals surface area (Å²) in [6.45, 7) is 0.358. The molecule has 22 heavy (non-hydrogen) atoms. The normalized spacial score (nSPS) is 14.4. The van der Waals surface area contributed by atoms with E-state index in [1.165, 1.54) is 7.14 Å². The Hall–Kier alpha value is 1.94. The summed E-state index contributed by atoms with van der Waals surface area (Å²) in [5.74, 6) is 0. The topological polar surface area (TPSA) is 84.2 Å². The summed E-state index contributed by atoms with van der Waals surface area (Å²) in [4.78, 5) is 1.85. The van der Waals surface area contributed by atoms with E-state index in [4.69, 9.17) is 10.2 Å². The number of nitrogens with zero attached hydrogens (tertiary/aromatic N) is 1. The lowest BCUT2D eigenvalue weighted by molar-refractivity contribution is 0.0202. The van der Waals surface area contributed by atoms with Gasteiger partial charge in [0.25, 0.3) is 0 Å². The van der Waals surface area contributed by atoms with Gasteiger partial charge in [0.05, 0.1) is 25.4 Å². The first kappa shape index (κ1) is 22.0. The van der Waals surface area contributed by atoms with Crippen molar-refractivity contribution in [3.05, 3.63) is 25.9 Å².